The van der Waals surface area contributed by atoms with Crippen LogP contribution in [0.1, 0.15) is 11.1 Å². The Kier molecular flexibility index (Phi) is 7.13. The van der Waals surface area contributed by atoms with Crippen molar-refractivity contribution in [2.75, 3.05) is 25.6 Å². The van der Waals surface area contributed by atoms with Crippen LogP contribution in [-0.2, 0) is 24.3 Å². The molecule has 0 heterocycles. The highest BCUT2D eigenvalue weighted by Gasteiger charge is 2.19. The van der Waals surface area contributed by atoms with Gasteiger partial charge in [0.25, 0.3) is 5.91 Å². The highest BCUT2D eigenvalue weighted by atomic mass is 32.2. The van der Waals surface area contributed by atoms with E-state index in [2.05, 4.69) is 10.0 Å². The number of benzene rings is 2. The van der Waals surface area contributed by atoms with Gasteiger partial charge in [0, 0.05) is 5.69 Å². The maximum Gasteiger partial charge on any atom is 0.321 e. The largest absolute Gasteiger partial charge is 0.497 e. The van der Waals surface area contributed by atoms with Crippen molar-refractivity contribution in [2.45, 2.75) is 18.7 Å². The minimum absolute atomic E-state index is 0.0950. The molecule has 9 heteroatoms. The summed E-state index contributed by atoms with van der Waals surface area (Å²) in [4.78, 5) is 23.7. The molecule has 2 aromatic rings. The Labute approximate surface area is 163 Å². The van der Waals surface area contributed by atoms with E-state index in [-0.39, 0.29) is 4.90 Å². The molecule has 0 unspecified atom stereocenters. The van der Waals surface area contributed by atoms with Gasteiger partial charge in [-0.3, -0.25) is 9.59 Å². The molecule has 150 valence electrons. The summed E-state index contributed by atoms with van der Waals surface area (Å²) in [5.41, 5.74) is 1.85. The predicted octanol–water partition coefficient (Wildman–Crippen LogP) is 1.77. The van der Waals surface area contributed by atoms with Gasteiger partial charge >= 0.3 is 5.97 Å². The summed E-state index contributed by atoms with van der Waals surface area (Å²) in [6, 6.07) is 11.6. The molecule has 0 radical (unpaired) electrons. The first-order valence-electron chi connectivity index (χ1n) is 8.38. The highest BCUT2D eigenvalue weighted by molar-refractivity contribution is 7.89. The van der Waals surface area contributed by atoms with E-state index in [9.17, 15) is 18.0 Å². The van der Waals surface area contributed by atoms with Crippen LogP contribution in [0, 0.1) is 13.8 Å². The maximum absolute atomic E-state index is 12.3. The maximum atomic E-state index is 12.3. The fourth-order valence-corrected chi connectivity index (χ4v) is 3.59. The molecule has 1 amide bonds. The molecule has 2 rings (SSSR count). The van der Waals surface area contributed by atoms with E-state index in [4.69, 9.17) is 9.47 Å². The number of nitrogens with one attached hydrogen (secondary N) is 2. The number of rotatable bonds is 8. The number of hydrogen-bond acceptors (Lipinski definition) is 6. The summed E-state index contributed by atoms with van der Waals surface area (Å²) in [6.07, 6.45) is 0. The van der Waals surface area contributed by atoms with Crippen molar-refractivity contribution >= 4 is 27.6 Å². The van der Waals surface area contributed by atoms with Gasteiger partial charge in [0.1, 0.15) is 12.3 Å². The van der Waals surface area contributed by atoms with Crippen LogP contribution in [-0.4, -0.2) is 40.6 Å². The second-order valence-corrected chi connectivity index (χ2v) is 7.77. The first-order valence-corrected chi connectivity index (χ1v) is 9.86. The van der Waals surface area contributed by atoms with Gasteiger partial charge < -0.3 is 14.8 Å². The molecule has 28 heavy (non-hydrogen) atoms. The standard InChI is InChI=1S/C19H22N2O6S/c1-13-4-5-14(2)17(10-13)28(24,25)20-11-19(23)27-12-18(22)21-15-6-8-16(26-3)9-7-15/h4-10,20H,11-12H2,1-3H3,(H,21,22). The van der Waals surface area contributed by atoms with Gasteiger partial charge in [-0.25, -0.2) is 8.42 Å². The van der Waals surface area contributed by atoms with Crippen LogP contribution >= 0.6 is 0 Å². The second kappa shape index (κ2) is 9.34. The summed E-state index contributed by atoms with van der Waals surface area (Å²) < 4.78 is 36.7. The fourth-order valence-electron chi connectivity index (χ4n) is 2.30. The first-order chi connectivity index (χ1) is 13.2. The van der Waals surface area contributed by atoms with Crippen molar-refractivity contribution < 1.29 is 27.5 Å². The van der Waals surface area contributed by atoms with Crippen molar-refractivity contribution in [2.24, 2.45) is 0 Å². The molecule has 0 aromatic heterocycles. The molecule has 0 bridgehead atoms. The number of methoxy groups -OCH3 is 1. The lowest BCUT2D eigenvalue weighted by Crippen LogP contribution is -2.32. The Balaban J connectivity index is 1.83. The zero-order valence-corrected chi connectivity index (χ0v) is 16.6. The Hall–Kier alpha value is -2.91. The van der Waals surface area contributed by atoms with Gasteiger partial charge in [-0.1, -0.05) is 12.1 Å². The van der Waals surface area contributed by atoms with E-state index in [1.807, 2.05) is 0 Å². The van der Waals surface area contributed by atoms with Crippen LogP contribution < -0.4 is 14.8 Å². The third-order valence-corrected chi connectivity index (χ3v) is 5.32. The molecular formula is C19H22N2O6S. The minimum atomic E-state index is -3.87. The Morgan fingerprint density at radius 1 is 1.04 bits per heavy atom. The van der Waals surface area contributed by atoms with Crippen molar-refractivity contribution in [1.29, 1.82) is 0 Å². The molecule has 0 fully saturated rings. The minimum Gasteiger partial charge on any atom is -0.497 e. The van der Waals surface area contributed by atoms with Crippen molar-refractivity contribution in [3.8, 4) is 5.75 Å². The lowest BCUT2D eigenvalue weighted by atomic mass is 10.2. The Morgan fingerprint density at radius 3 is 2.36 bits per heavy atom. The van der Waals surface area contributed by atoms with Crippen molar-refractivity contribution in [3.63, 3.8) is 0 Å². The number of sulfonamides is 1. The molecule has 2 aromatic carbocycles. The third kappa shape index (κ3) is 6.07. The number of carbonyl (C=O) groups excluding carboxylic acids is 2. The molecule has 0 spiro atoms. The SMILES string of the molecule is COc1ccc(NC(=O)COC(=O)CNS(=O)(=O)c2cc(C)ccc2C)cc1. The topological polar surface area (TPSA) is 111 Å². The molecule has 0 saturated carbocycles. The number of hydrogen-bond donors (Lipinski definition) is 2. The Bertz CT molecular complexity index is 955. The number of ether oxygens (including phenoxy) is 2. The summed E-state index contributed by atoms with van der Waals surface area (Å²) in [5.74, 6) is -0.768. The number of anilines is 1. The summed E-state index contributed by atoms with van der Waals surface area (Å²) in [5, 5.41) is 2.55. The van der Waals surface area contributed by atoms with Gasteiger partial charge in [-0.15, -0.1) is 0 Å². The average molecular weight is 406 g/mol. The van der Waals surface area contributed by atoms with Gasteiger partial charge in [0.15, 0.2) is 6.61 Å². The summed E-state index contributed by atoms with van der Waals surface area (Å²) in [6.45, 7) is 2.32. The molecule has 0 saturated heterocycles. The second-order valence-electron chi connectivity index (χ2n) is 6.03. The van der Waals surface area contributed by atoms with Gasteiger partial charge in [0.2, 0.25) is 10.0 Å². The molecule has 0 aliphatic carbocycles. The van der Waals surface area contributed by atoms with Crippen LogP contribution in [0.3, 0.4) is 0 Å². The lowest BCUT2D eigenvalue weighted by Gasteiger charge is -2.10. The van der Waals surface area contributed by atoms with Crippen LogP contribution in [0.5, 0.6) is 5.75 Å². The Morgan fingerprint density at radius 2 is 1.71 bits per heavy atom. The van der Waals surface area contributed by atoms with Crippen LogP contribution in [0.15, 0.2) is 47.4 Å². The van der Waals surface area contributed by atoms with Gasteiger partial charge in [0.05, 0.1) is 12.0 Å². The van der Waals surface area contributed by atoms with Crippen LogP contribution in [0.2, 0.25) is 0 Å². The molecule has 0 atom stereocenters. The monoisotopic (exact) mass is 406 g/mol. The van der Waals surface area contributed by atoms with E-state index in [0.717, 1.165) is 5.56 Å². The van der Waals surface area contributed by atoms with E-state index < -0.39 is 35.1 Å². The number of carbonyl (C=O) groups is 2. The summed E-state index contributed by atoms with van der Waals surface area (Å²) in [7, 11) is -2.34. The smallest absolute Gasteiger partial charge is 0.321 e. The predicted molar refractivity (Wildman–Crippen MR) is 104 cm³/mol. The average Bonchev–Trinajstić information content (AvgIpc) is 2.67. The fraction of sp³-hybridized carbons (Fsp3) is 0.263. The number of esters is 1. The zero-order chi connectivity index (χ0) is 20.7. The number of aryl methyl sites for hydroxylation is 2. The molecule has 8 nitrogen and oxygen atoms in total. The number of amides is 1. The molecule has 0 aliphatic heterocycles. The van der Waals surface area contributed by atoms with Crippen molar-refractivity contribution in [1.82, 2.24) is 4.72 Å². The van der Waals surface area contributed by atoms with Gasteiger partial charge in [-0.05, 0) is 55.3 Å². The van der Waals surface area contributed by atoms with Crippen LogP contribution in [0.25, 0.3) is 0 Å². The lowest BCUT2D eigenvalue weighted by molar-refractivity contribution is -0.146. The third-order valence-electron chi connectivity index (χ3n) is 3.78. The zero-order valence-electron chi connectivity index (χ0n) is 15.8. The first kappa shape index (κ1) is 21.4. The van der Waals surface area contributed by atoms with Gasteiger partial charge in [-0.2, -0.15) is 4.72 Å². The quantitative estimate of drug-likeness (QED) is 0.647. The van der Waals surface area contributed by atoms with Crippen molar-refractivity contribution in [3.05, 3.63) is 53.6 Å². The van der Waals surface area contributed by atoms with E-state index >= 15 is 0 Å². The highest BCUT2D eigenvalue weighted by Crippen LogP contribution is 2.16. The van der Waals surface area contributed by atoms with E-state index in [1.54, 1.807) is 50.2 Å². The molecule has 0 aliphatic rings. The van der Waals surface area contributed by atoms with Crippen LogP contribution in [0.4, 0.5) is 5.69 Å². The summed E-state index contributed by atoms with van der Waals surface area (Å²) >= 11 is 0. The van der Waals surface area contributed by atoms with E-state index in [0.29, 0.717) is 17.0 Å². The van der Waals surface area contributed by atoms with E-state index in [1.165, 1.54) is 13.2 Å². The molecule has 2 N–H and O–H groups in total. The molecular weight excluding hydrogens is 384 g/mol. The normalized spacial score (nSPS) is 11.0.